The molecule has 1 saturated carbocycles. The second-order valence-electron chi connectivity index (χ2n) is 10.8. The van der Waals surface area contributed by atoms with Gasteiger partial charge in [0.25, 0.3) is 0 Å². The molecule has 1 saturated heterocycles. The number of ether oxygens (including phenoxy) is 2. The number of benzene rings is 2. The molecule has 1 aliphatic carbocycles. The van der Waals surface area contributed by atoms with Gasteiger partial charge in [-0.05, 0) is 74.4 Å². The highest BCUT2D eigenvalue weighted by Crippen LogP contribution is 2.39. The van der Waals surface area contributed by atoms with Crippen LogP contribution in [0.5, 0.6) is 0 Å². The van der Waals surface area contributed by atoms with E-state index in [1.54, 1.807) is 0 Å². The fourth-order valence-electron chi connectivity index (χ4n) is 5.99. The van der Waals surface area contributed by atoms with Gasteiger partial charge in [0.15, 0.2) is 0 Å². The van der Waals surface area contributed by atoms with Crippen molar-refractivity contribution in [3.63, 3.8) is 0 Å². The number of rotatable bonds is 11. The molecule has 2 atom stereocenters. The summed E-state index contributed by atoms with van der Waals surface area (Å²) in [6, 6.07) is 14.0. The van der Waals surface area contributed by atoms with Gasteiger partial charge in [0.1, 0.15) is 12.2 Å². The summed E-state index contributed by atoms with van der Waals surface area (Å²) in [4.78, 5) is 26.6. The molecule has 40 heavy (non-hydrogen) atoms. The van der Waals surface area contributed by atoms with E-state index in [0.717, 1.165) is 55.3 Å². The Morgan fingerprint density at radius 1 is 1.18 bits per heavy atom. The lowest BCUT2D eigenvalue weighted by Gasteiger charge is -2.40. The Morgan fingerprint density at radius 2 is 1.95 bits per heavy atom. The number of morpholine rings is 1. The van der Waals surface area contributed by atoms with Crippen LogP contribution < -0.4 is 10.6 Å². The maximum absolute atomic E-state index is 13.6. The molecule has 0 radical (unpaired) electrons. The first-order chi connectivity index (χ1) is 19.4. The molecule has 2 fully saturated rings. The summed E-state index contributed by atoms with van der Waals surface area (Å²) in [7, 11) is 1.98. The van der Waals surface area contributed by atoms with E-state index in [1.807, 2.05) is 42.3 Å². The third-order valence-corrected chi connectivity index (χ3v) is 8.40. The molecule has 2 aromatic rings. The third kappa shape index (κ3) is 7.75. The van der Waals surface area contributed by atoms with E-state index < -0.39 is 18.3 Å². The van der Waals surface area contributed by atoms with Crippen molar-refractivity contribution in [2.24, 2.45) is 11.8 Å². The van der Waals surface area contributed by atoms with Gasteiger partial charge in [0.05, 0.1) is 13.2 Å². The SMILES string of the molecule is CCc1cccc(-c2c(Cl)cccc2C(OCCNC(=O)O)[C@H]2CN(C(=O)C3CCC(CNC)CC3)CCO2)c1. The van der Waals surface area contributed by atoms with E-state index >= 15 is 0 Å². The zero-order chi connectivity index (χ0) is 28.5. The minimum atomic E-state index is -1.10. The molecule has 9 heteroatoms. The second kappa shape index (κ2) is 14.8. The Bertz CT molecular complexity index is 1140. The quantitative estimate of drug-likeness (QED) is 0.323. The van der Waals surface area contributed by atoms with Crippen LogP contribution in [0.1, 0.15) is 49.8 Å². The second-order valence-corrected chi connectivity index (χ2v) is 11.2. The predicted molar refractivity (Wildman–Crippen MR) is 157 cm³/mol. The Morgan fingerprint density at radius 3 is 2.67 bits per heavy atom. The number of aryl methyl sites for hydroxylation is 1. The minimum absolute atomic E-state index is 0.0458. The predicted octanol–water partition coefficient (Wildman–Crippen LogP) is 5.15. The Kier molecular flexibility index (Phi) is 11.2. The first-order valence-electron chi connectivity index (χ1n) is 14.4. The number of carboxylic acid groups (broad SMARTS) is 1. The fourth-order valence-corrected chi connectivity index (χ4v) is 6.28. The van der Waals surface area contributed by atoms with Gasteiger partial charge in [-0.25, -0.2) is 4.79 Å². The van der Waals surface area contributed by atoms with Gasteiger partial charge >= 0.3 is 6.09 Å². The fraction of sp³-hybridized carbons (Fsp3) is 0.548. The molecule has 4 rings (SSSR count). The van der Waals surface area contributed by atoms with Crippen molar-refractivity contribution >= 4 is 23.6 Å². The molecule has 0 aromatic heterocycles. The zero-order valence-corrected chi connectivity index (χ0v) is 24.3. The smallest absolute Gasteiger partial charge is 0.404 e. The summed E-state index contributed by atoms with van der Waals surface area (Å²) in [6.07, 6.45) is 2.79. The monoisotopic (exact) mass is 571 g/mol. The van der Waals surface area contributed by atoms with Crippen LogP contribution in [-0.2, 0) is 20.7 Å². The topological polar surface area (TPSA) is 100 Å². The molecule has 218 valence electrons. The van der Waals surface area contributed by atoms with Gasteiger partial charge in [-0.1, -0.05) is 54.9 Å². The summed E-state index contributed by atoms with van der Waals surface area (Å²) < 4.78 is 12.6. The van der Waals surface area contributed by atoms with Crippen LogP contribution in [0.2, 0.25) is 5.02 Å². The van der Waals surface area contributed by atoms with Crippen LogP contribution >= 0.6 is 11.6 Å². The molecule has 1 aliphatic heterocycles. The number of hydrogen-bond acceptors (Lipinski definition) is 5. The van der Waals surface area contributed by atoms with Crippen molar-refractivity contribution in [2.45, 2.75) is 51.2 Å². The number of nitrogens with zero attached hydrogens (tertiary/aromatic N) is 1. The summed E-state index contributed by atoms with van der Waals surface area (Å²) in [6.45, 7) is 4.79. The number of nitrogens with one attached hydrogen (secondary N) is 2. The van der Waals surface area contributed by atoms with E-state index in [2.05, 4.69) is 29.7 Å². The first-order valence-corrected chi connectivity index (χ1v) is 14.8. The molecule has 1 heterocycles. The highest BCUT2D eigenvalue weighted by molar-refractivity contribution is 6.33. The average molecular weight is 572 g/mol. The van der Waals surface area contributed by atoms with Crippen molar-refractivity contribution in [3.05, 3.63) is 58.6 Å². The van der Waals surface area contributed by atoms with E-state index in [9.17, 15) is 9.59 Å². The van der Waals surface area contributed by atoms with Gasteiger partial charge in [-0.15, -0.1) is 0 Å². The zero-order valence-electron chi connectivity index (χ0n) is 23.5. The first kappa shape index (κ1) is 30.3. The number of carbonyl (C=O) groups excluding carboxylic acids is 1. The van der Waals surface area contributed by atoms with Gasteiger partial charge in [0, 0.05) is 36.1 Å². The third-order valence-electron chi connectivity index (χ3n) is 8.08. The van der Waals surface area contributed by atoms with Crippen molar-refractivity contribution in [1.82, 2.24) is 15.5 Å². The van der Waals surface area contributed by atoms with E-state index in [-0.39, 0.29) is 25.0 Å². The van der Waals surface area contributed by atoms with Crippen LogP contribution in [-0.4, -0.2) is 74.6 Å². The highest BCUT2D eigenvalue weighted by atomic mass is 35.5. The number of carbonyl (C=O) groups is 2. The lowest BCUT2D eigenvalue weighted by molar-refractivity contribution is -0.153. The van der Waals surface area contributed by atoms with Gasteiger partial charge in [-0.2, -0.15) is 0 Å². The molecule has 2 amide bonds. The summed E-state index contributed by atoms with van der Waals surface area (Å²) >= 11 is 6.80. The molecule has 3 N–H and O–H groups in total. The van der Waals surface area contributed by atoms with Gasteiger partial charge < -0.3 is 30.1 Å². The van der Waals surface area contributed by atoms with E-state index in [4.69, 9.17) is 26.2 Å². The van der Waals surface area contributed by atoms with Crippen molar-refractivity contribution < 1.29 is 24.2 Å². The van der Waals surface area contributed by atoms with Crippen LogP contribution in [0.25, 0.3) is 11.1 Å². The largest absolute Gasteiger partial charge is 0.465 e. The lowest BCUT2D eigenvalue weighted by atomic mass is 9.81. The normalized spacial score (nSPS) is 22.1. The molecular formula is C31H42ClN3O5. The number of halogens is 1. The van der Waals surface area contributed by atoms with E-state index in [1.165, 1.54) is 5.56 Å². The van der Waals surface area contributed by atoms with Crippen LogP contribution in [0.15, 0.2) is 42.5 Å². The molecule has 1 unspecified atom stereocenters. The van der Waals surface area contributed by atoms with Crippen LogP contribution in [0, 0.1) is 11.8 Å². The number of amides is 2. The summed E-state index contributed by atoms with van der Waals surface area (Å²) in [5.74, 6) is 0.880. The summed E-state index contributed by atoms with van der Waals surface area (Å²) in [5.41, 5.74) is 3.91. The molecule has 8 nitrogen and oxygen atoms in total. The summed E-state index contributed by atoms with van der Waals surface area (Å²) in [5, 5.41) is 15.3. The van der Waals surface area contributed by atoms with E-state index in [0.29, 0.717) is 30.6 Å². The average Bonchev–Trinajstić information content (AvgIpc) is 2.97. The van der Waals surface area contributed by atoms with Crippen LogP contribution in [0.3, 0.4) is 0 Å². The molecule has 0 spiro atoms. The van der Waals surface area contributed by atoms with Gasteiger partial charge in [-0.3, -0.25) is 4.79 Å². The Labute approximate surface area is 242 Å². The Hall–Kier alpha value is -2.65. The van der Waals surface area contributed by atoms with Gasteiger partial charge in [0.2, 0.25) is 5.91 Å². The Balaban J connectivity index is 1.58. The molecular weight excluding hydrogens is 530 g/mol. The molecule has 2 aromatic carbocycles. The van der Waals surface area contributed by atoms with Crippen molar-refractivity contribution in [1.29, 1.82) is 0 Å². The van der Waals surface area contributed by atoms with Crippen molar-refractivity contribution in [2.75, 3.05) is 46.4 Å². The van der Waals surface area contributed by atoms with Crippen LogP contribution in [0.4, 0.5) is 4.79 Å². The maximum atomic E-state index is 13.6. The standard InChI is InChI=1S/C31H42ClN3O5/c1-3-21-6-4-7-24(18-21)28-25(8-5-9-26(28)32)29(40-16-14-34-31(37)38)27-20-35(15-17-39-27)30(36)23-12-10-22(11-13-23)19-33-2/h4-9,18,22-23,27,29,33-34H,3,10-17,19-20H2,1-2H3,(H,37,38)/t22?,23?,27-,29?/m1/s1. The lowest BCUT2D eigenvalue weighted by Crippen LogP contribution is -2.50. The minimum Gasteiger partial charge on any atom is -0.465 e. The maximum Gasteiger partial charge on any atom is 0.404 e. The molecule has 0 bridgehead atoms. The molecule has 2 aliphatic rings. The van der Waals surface area contributed by atoms with Crippen molar-refractivity contribution in [3.8, 4) is 11.1 Å². The number of hydrogen-bond donors (Lipinski definition) is 3. The highest BCUT2D eigenvalue weighted by Gasteiger charge is 2.36.